The molecule has 0 heterocycles. The summed E-state index contributed by atoms with van der Waals surface area (Å²) in [5.41, 5.74) is 3.40. The SMILES string of the molecule is COc1ccc(C#Cc2ccccc2C(C)C)cc1. The smallest absolute Gasteiger partial charge is 0.118 e. The second-order valence-electron chi connectivity index (χ2n) is 4.72. The molecule has 0 saturated carbocycles. The van der Waals surface area contributed by atoms with Gasteiger partial charge in [0.05, 0.1) is 7.11 Å². The Labute approximate surface area is 115 Å². The van der Waals surface area contributed by atoms with Crippen LogP contribution in [0.4, 0.5) is 0 Å². The molecule has 0 atom stereocenters. The van der Waals surface area contributed by atoms with E-state index in [0.717, 1.165) is 16.9 Å². The number of ether oxygens (including phenoxy) is 1. The molecule has 0 amide bonds. The minimum atomic E-state index is 0.487. The van der Waals surface area contributed by atoms with Crippen molar-refractivity contribution in [1.29, 1.82) is 0 Å². The number of hydrogen-bond donors (Lipinski definition) is 0. The third kappa shape index (κ3) is 3.39. The molecule has 96 valence electrons. The quantitative estimate of drug-likeness (QED) is 0.725. The molecule has 2 aromatic carbocycles. The summed E-state index contributed by atoms with van der Waals surface area (Å²) in [6, 6.07) is 16.1. The summed E-state index contributed by atoms with van der Waals surface area (Å²) in [7, 11) is 1.67. The topological polar surface area (TPSA) is 9.23 Å². The molecule has 2 aromatic rings. The Morgan fingerprint density at radius 2 is 1.58 bits per heavy atom. The van der Waals surface area contributed by atoms with Gasteiger partial charge in [-0.15, -0.1) is 0 Å². The number of methoxy groups -OCH3 is 1. The van der Waals surface area contributed by atoms with Gasteiger partial charge < -0.3 is 4.74 Å². The Morgan fingerprint density at radius 1 is 0.895 bits per heavy atom. The maximum absolute atomic E-state index is 5.13. The highest BCUT2D eigenvalue weighted by Crippen LogP contribution is 2.18. The van der Waals surface area contributed by atoms with Gasteiger partial charge in [-0.1, -0.05) is 43.9 Å². The Kier molecular flexibility index (Phi) is 4.26. The van der Waals surface area contributed by atoms with Gasteiger partial charge in [0.15, 0.2) is 0 Å². The van der Waals surface area contributed by atoms with E-state index in [2.05, 4.69) is 43.9 Å². The molecule has 1 nitrogen and oxygen atoms in total. The summed E-state index contributed by atoms with van der Waals surface area (Å²) in [5.74, 6) is 7.80. The Hall–Kier alpha value is -2.20. The summed E-state index contributed by atoms with van der Waals surface area (Å²) in [6.07, 6.45) is 0. The molecular weight excluding hydrogens is 232 g/mol. The van der Waals surface area contributed by atoms with E-state index in [1.54, 1.807) is 7.11 Å². The van der Waals surface area contributed by atoms with Crippen LogP contribution in [0.1, 0.15) is 36.5 Å². The first-order valence-corrected chi connectivity index (χ1v) is 6.45. The molecule has 0 radical (unpaired) electrons. The van der Waals surface area contributed by atoms with Gasteiger partial charge in [0.2, 0.25) is 0 Å². The maximum Gasteiger partial charge on any atom is 0.118 e. The zero-order valence-electron chi connectivity index (χ0n) is 11.6. The van der Waals surface area contributed by atoms with Crippen molar-refractivity contribution < 1.29 is 4.74 Å². The van der Waals surface area contributed by atoms with Crippen LogP contribution >= 0.6 is 0 Å². The van der Waals surface area contributed by atoms with Crippen molar-refractivity contribution in [3.63, 3.8) is 0 Å². The molecule has 0 aliphatic carbocycles. The summed E-state index contributed by atoms with van der Waals surface area (Å²) in [6.45, 7) is 4.38. The largest absolute Gasteiger partial charge is 0.497 e. The maximum atomic E-state index is 5.13. The van der Waals surface area contributed by atoms with Gasteiger partial charge in [0, 0.05) is 11.1 Å². The van der Waals surface area contributed by atoms with Gasteiger partial charge in [-0.05, 0) is 41.8 Å². The number of rotatable bonds is 2. The van der Waals surface area contributed by atoms with Crippen molar-refractivity contribution in [2.75, 3.05) is 7.11 Å². The van der Waals surface area contributed by atoms with E-state index in [-0.39, 0.29) is 0 Å². The van der Waals surface area contributed by atoms with E-state index < -0.39 is 0 Å². The first kappa shape index (κ1) is 13.2. The first-order chi connectivity index (χ1) is 9.20. The zero-order chi connectivity index (χ0) is 13.7. The van der Waals surface area contributed by atoms with Crippen LogP contribution in [-0.2, 0) is 0 Å². The highest BCUT2D eigenvalue weighted by molar-refractivity contribution is 5.48. The molecule has 0 aliphatic heterocycles. The minimum Gasteiger partial charge on any atom is -0.497 e. The number of hydrogen-bond acceptors (Lipinski definition) is 1. The van der Waals surface area contributed by atoms with Gasteiger partial charge in [-0.3, -0.25) is 0 Å². The van der Waals surface area contributed by atoms with Crippen LogP contribution in [0.15, 0.2) is 48.5 Å². The van der Waals surface area contributed by atoms with Crippen LogP contribution in [-0.4, -0.2) is 7.11 Å². The lowest BCUT2D eigenvalue weighted by Gasteiger charge is -2.07. The molecule has 2 rings (SSSR count). The molecule has 0 aromatic heterocycles. The molecule has 0 fully saturated rings. The molecule has 0 aliphatic rings. The molecule has 0 N–H and O–H groups in total. The predicted molar refractivity (Wildman–Crippen MR) is 79.5 cm³/mol. The molecule has 0 bridgehead atoms. The lowest BCUT2D eigenvalue weighted by molar-refractivity contribution is 0.415. The first-order valence-electron chi connectivity index (χ1n) is 6.45. The van der Waals surface area contributed by atoms with Crippen LogP contribution in [0, 0.1) is 11.8 Å². The van der Waals surface area contributed by atoms with E-state index in [1.807, 2.05) is 30.3 Å². The average molecular weight is 250 g/mol. The van der Waals surface area contributed by atoms with Gasteiger partial charge in [-0.2, -0.15) is 0 Å². The van der Waals surface area contributed by atoms with Crippen molar-refractivity contribution >= 4 is 0 Å². The van der Waals surface area contributed by atoms with Crippen molar-refractivity contribution in [2.24, 2.45) is 0 Å². The highest BCUT2D eigenvalue weighted by Gasteiger charge is 2.02. The molecule has 1 heteroatoms. The van der Waals surface area contributed by atoms with Gasteiger partial charge >= 0.3 is 0 Å². The van der Waals surface area contributed by atoms with E-state index >= 15 is 0 Å². The Bertz CT molecular complexity index is 598. The van der Waals surface area contributed by atoms with Crippen molar-refractivity contribution in [3.8, 4) is 17.6 Å². The normalized spacial score (nSPS) is 9.89. The average Bonchev–Trinajstić information content (AvgIpc) is 2.46. The molecule has 19 heavy (non-hydrogen) atoms. The van der Waals surface area contributed by atoms with Crippen molar-refractivity contribution in [1.82, 2.24) is 0 Å². The monoisotopic (exact) mass is 250 g/mol. The second kappa shape index (κ2) is 6.11. The lowest BCUT2D eigenvalue weighted by atomic mass is 9.97. The van der Waals surface area contributed by atoms with Crippen LogP contribution in [0.25, 0.3) is 0 Å². The molecule has 0 unspecified atom stereocenters. The molecular formula is C18H18O. The lowest BCUT2D eigenvalue weighted by Crippen LogP contribution is -1.91. The fourth-order valence-electron chi connectivity index (χ4n) is 1.93. The third-order valence-electron chi connectivity index (χ3n) is 3.01. The third-order valence-corrected chi connectivity index (χ3v) is 3.01. The van der Waals surface area contributed by atoms with Crippen LogP contribution in [0.5, 0.6) is 5.75 Å². The van der Waals surface area contributed by atoms with Crippen LogP contribution < -0.4 is 4.74 Å². The summed E-state index contributed by atoms with van der Waals surface area (Å²) in [5, 5.41) is 0. The summed E-state index contributed by atoms with van der Waals surface area (Å²) in [4.78, 5) is 0. The zero-order valence-corrected chi connectivity index (χ0v) is 11.6. The van der Waals surface area contributed by atoms with Gasteiger partial charge in [0.1, 0.15) is 5.75 Å². The number of benzene rings is 2. The second-order valence-corrected chi connectivity index (χ2v) is 4.72. The fraction of sp³-hybridized carbons (Fsp3) is 0.222. The molecule has 0 spiro atoms. The summed E-state index contributed by atoms with van der Waals surface area (Å²) >= 11 is 0. The summed E-state index contributed by atoms with van der Waals surface area (Å²) < 4.78 is 5.13. The molecule has 0 saturated heterocycles. The predicted octanol–water partition coefficient (Wildman–Crippen LogP) is 4.22. The van der Waals surface area contributed by atoms with Crippen molar-refractivity contribution in [3.05, 3.63) is 65.2 Å². The van der Waals surface area contributed by atoms with Crippen molar-refractivity contribution in [2.45, 2.75) is 19.8 Å². The fourth-order valence-corrected chi connectivity index (χ4v) is 1.93. The van der Waals surface area contributed by atoms with Crippen LogP contribution in [0.3, 0.4) is 0 Å². The van der Waals surface area contributed by atoms with Gasteiger partial charge in [-0.25, -0.2) is 0 Å². The van der Waals surface area contributed by atoms with E-state index in [9.17, 15) is 0 Å². The Balaban J connectivity index is 2.28. The standard InChI is InChI=1S/C18H18O/c1-14(2)18-7-5-4-6-16(18)11-8-15-9-12-17(19-3)13-10-15/h4-7,9-10,12-14H,1-3H3. The van der Waals surface area contributed by atoms with Crippen LogP contribution in [0.2, 0.25) is 0 Å². The van der Waals surface area contributed by atoms with Gasteiger partial charge in [0.25, 0.3) is 0 Å². The Morgan fingerprint density at radius 3 is 2.21 bits per heavy atom. The minimum absolute atomic E-state index is 0.487. The van der Waals surface area contributed by atoms with E-state index in [0.29, 0.717) is 5.92 Å². The highest BCUT2D eigenvalue weighted by atomic mass is 16.5. The van der Waals surface area contributed by atoms with E-state index in [1.165, 1.54) is 5.56 Å². The van der Waals surface area contributed by atoms with E-state index in [4.69, 9.17) is 4.74 Å².